The molecule has 1 aromatic rings. The van der Waals surface area contributed by atoms with E-state index in [0.717, 1.165) is 5.56 Å². The quantitative estimate of drug-likeness (QED) is 0.699. The van der Waals surface area contributed by atoms with Gasteiger partial charge in [-0.1, -0.05) is 26.0 Å². The highest BCUT2D eigenvalue weighted by atomic mass is 16.3. The van der Waals surface area contributed by atoms with Gasteiger partial charge in [-0.3, -0.25) is 4.79 Å². The third kappa shape index (κ3) is 5.15. The zero-order valence-corrected chi connectivity index (χ0v) is 9.16. The van der Waals surface area contributed by atoms with Gasteiger partial charge < -0.3 is 16.2 Å². The third-order valence-electron chi connectivity index (χ3n) is 1.61. The fourth-order valence-corrected chi connectivity index (χ4v) is 0.906. The summed E-state index contributed by atoms with van der Waals surface area (Å²) in [6, 6.07) is 6.93. The highest BCUT2D eigenvalue weighted by Crippen LogP contribution is 2.08. The van der Waals surface area contributed by atoms with Gasteiger partial charge in [0, 0.05) is 5.69 Å². The van der Waals surface area contributed by atoms with Crippen molar-refractivity contribution in [2.24, 2.45) is 5.73 Å². The second-order valence-electron chi connectivity index (χ2n) is 2.61. The maximum Gasteiger partial charge on any atom is 0.238 e. The molecule has 0 aliphatic carbocycles. The molecule has 0 radical (unpaired) electrons. The van der Waals surface area contributed by atoms with E-state index >= 15 is 0 Å². The van der Waals surface area contributed by atoms with Crippen molar-refractivity contribution in [1.29, 1.82) is 0 Å². The van der Waals surface area contributed by atoms with Crippen LogP contribution in [0.1, 0.15) is 19.4 Å². The fraction of sp³-hybridized carbons (Fsp3) is 0.364. The van der Waals surface area contributed by atoms with Crippen LogP contribution in [-0.2, 0) is 11.4 Å². The molecule has 4 N–H and O–H groups in total. The molecule has 0 aliphatic rings. The second kappa shape index (κ2) is 7.96. The molecular formula is C11H18N2O2. The maximum absolute atomic E-state index is 10.9. The molecule has 4 nitrogen and oxygen atoms in total. The molecule has 1 aromatic carbocycles. The van der Waals surface area contributed by atoms with Crippen LogP contribution in [0.2, 0.25) is 0 Å². The Morgan fingerprint density at radius 2 is 1.87 bits per heavy atom. The number of hydrogen-bond donors (Lipinski definition) is 3. The molecular weight excluding hydrogens is 192 g/mol. The van der Waals surface area contributed by atoms with Crippen LogP contribution in [0.4, 0.5) is 5.69 Å². The summed E-state index contributed by atoms with van der Waals surface area (Å²) >= 11 is 0. The summed E-state index contributed by atoms with van der Waals surface area (Å²) in [5.74, 6) is -0.225. The van der Waals surface area contributed by atoms with Gasteiger partial charge in [-0.2, -0.15) is 0 Å². The van der Waals surface area contributed by atoms with E-state index in [4.69, 9.17) is 10.8 Å². The van der Waals surface area contributed by atoms with Gasteiger partial charge in [0.05, 0.1) is 13.2 Å². The van der Waals surface area contributed by atoms with Crippen LogP contribution >= 0.6 is 0 Å². The molecule has 1 rings (SSSR count). The molecule has 0 saturated heterocycles. The Balaban J connectivity index is 0.000000921. The molecule has 0 saturated carbocycles. The molecule has 0 fully saturated rings. The van der Waals surface area contributed by atoms with E-state index < -0.39 is 0 Å². The normalized spacial score (nSPS) is 8.80. The standard InChI is InChI=1S/C9H12N2O2.C2H6/c10-5-9(13)11-8-3-1-7(6-12)2-4-8;1-2/h1-4,12H,5-6,10H2,(H,11,13);1-2H3. The van der Waals surface area contributed by atoms with Gasteiger partial charge >= 0.3 is 0 Å². The third-order valence-corrected chi connectivity index (χ3v) is 1.61. The number of rotatable bonds is 3. The van der Waals surface area contributed by atoms with Gasteiger partial charge in [0.15, 0.2) is 0 Å². The molecule has 0 atom stereocenters. The SMILES string of the molecule is CC.NCC(=O)Nc1ccc(CO)cc1. The number of anilines is 1. The summed E-state index contributed by atoms with van der Waals surface area (Å²) in [6.45, 7) is 3.98. The molecule has 0 heterocycles. The Morgan fingerprint density at radius 1 is 1.33 bits per heavy atom. The van der Waals surface area contributed by atoms with Gasteiger partial charge in [0.2, 0.25) is 5.91 Å². The summed E-state index contributed by atoms with van der Waals surface area (Å²) < 4.78 is 0. The van der Waals surface area contributed by atoms with Crippen molar-refractivity contribution in [3.8, 4) is 0 Å². The molecule has 0 unspecified atom stereocenters. The van der Waals surface area contributed by atoms with E-state index in [-0.39, 0.29) is 19.1 Å². The average molecular weight is 210 g/mol. The lowest BCUT2D eigenvalue weighted by atomic mass is 10.2. The van der Waals surface area contributed by atoms with Crippen LogP contribution in [-0.4, -0.2) is 17.6 Å². The first kappa shape index (κ1) is 13.6. The zero-order chi connectivity index (χ0) is 11.7. The number of aliphatic hydroxyl groups excluding tert-OH is 1. The Labute approximate surface area is 90.1 Å². The largest absolute Gasteiger partial charge is 0.392 e. The van der Waals surface area contributed by atoms with Crippen LogP contribution in [0.5, 0.6) is 0 Å². The first-order chi connectivity index (χ1) is 7.26. The van der Waals surface area contributed by atoms with Crippen LogP contribution in [0, 0.1) is 0 Å². The lowest BCUT2D eigenvalue weighted by Crippen LogP contribution is -2.21. The molecule has 0 spiro atoms. The molecule has 1 amide bonds. The van der Waals surface area contributed by atoms with Crippen molar-refractivity contribution in [2.45, 2.75) is 20.5 Å². The Bertz CT molecular complexity index is 283. The van der Waals surface area contributed by atoms with Gasteiger partial charge in [-0.15, -0.1) is 0 Å². The van der Waals surface area contributed by atoms with E-state index in [1.807, 2.05) is 13.8 Å². The van der Waals surface area contributed by atoms with Crippen LogP contribution in [0.25, 0.3) is 0 Å². The minimum absolute atomic E-state index is 0.00507. The molecule has 4 heteroatoms. The van der Waals surface area contributed by atoms with E-state index in [9.17, 15) is 4.79 Å². The molecule has 15 heavy (non-hydrogen) atoms. The first-order valence-corrected chi connectivity index (χ1v) is 4.96. The molecule has 84 valence electrons. The number of carbonyl (C=O) groups excluding carboxylic acids is 1. The number of amides is 1. The molecule has 0 aromatic heterocycles. The van der Waals surface area contributed by atoms with E-state index in [0.29, 0.717) is 5.69 Å². The number of aliphatic hydroxyl groups is 1. The fourth-order valence-electron chi connectivity index (χ4n) is 0.906. The number of benzene rings is 1. The van der Waals surface area contributed by atoms with Crippen molar-refractivity contribution < 1.29 is 9.90 Å². The lowest BCUT2D eigenvalue weighted by molar-refractivity contribution is -0.114. The van der Waals surface area contributed by atoms with Crippen molar-refractivity contribution in [3.05, 3.63) is 29.8 Å². The van der Waals surface area contributed by atoms with Crippen molar-refractivity contribution >= 4 is 11.6 Å². The number of nitrogens with one attached hydrogen (secondary N) is 1. The van der Waals surface area contributed by atoms with Gasteiger partial charge in [-0.05, 0) is 17.7 Å². The Kier molecular flexibility index (Phi) is 7.23. The van der Waals surface area contributed by atoms with Gasteiger partial charge in [-0.25, -0.2) is 0 Å². The van der Waals surface area contributed by atoms with E-state index in [1.165, 1.54) is 0 Å². The van der Waals surface area contributed by atoms with Crippen molar-refractivity contribution in [1.82, 2.24) is 0 Å². The van der Waals surface area contributed by atoms with Crippen LogP contribution in [0.3, 0.4) is 0 Å². The van der Waals surface area contributed by atoms with E-state index in [1.54, 1.807) is 24.3 Å². The maximum atomic E-state index is 10.9. The lowest BCUT2D eigenvalue weighted by Gasteiger charge is -2.03. The molecule has 0 aliphatic heterocycles. The van der Waals surface area contributed by atoms with Crippen molar-refractivity contribution in [3.63, 3.8) is 0 Å². The van der Waals surface area contributed by atoms with Gasteiger partial charge in [0.25, 0.3) is 0 Å². The summed E-state index contributed by atoms with van der Waals surface area (Å²) in [4.78, 5) is 10.9. The van der Waals surface area contributed by atoms with Crippen LogP contribution in [0.15, 0.2) is 24.3 Å². The van der Waals surface area contributed by atoms with Gasteiger partial charge in [0.1, 0.15) is 0 Å². The number of hydrogen-bond acceptors (Lipinski definition) is 3. The predicted octanol–water partition coefficient (Wildman–Crippen LogP) is 1.10. The smallest absolute Gasteiger partial charge is 0.238 e. The zero-order valence-electron chi connectivity index (χ0n) is 9.16. The highest BCUT2D eigenvalue weighted by Gasteiger charge is 1.97. The monoisotopic (exact) mass is 210 g/mol. The summed E-state index contributed by atoms with van der Waals surface area (Å²) in [6.07, 6.45) is 0. The molecule has 0 bridgehead atoms. The van der Waals surface area contributed by atoms with E-state index in [2.05, 4.69) is 5.32 Å². The summed E-state index contributed by atoms with van der Waals surface area (Å²) in [5, 5.41) is 11.3. The minimum atomic E-state index is -0.225. The van der Waals surface area contributed by atoms with Crippen molar-refractivity contribution in [2.75, 3.05) is 11.9 Å². The summed E-state index contributed by atoms with van der Waals surface area (Å²) in [7, 11) is 0. The Morgan fingerprint density at radius 3 is 2.27 bits per heavy atom. The first-order valence-electron chi connectivity index (χ1n) is 4.96. The topological polar surface area (TPSA) is 75.4 Å². The Hall–Kier alpha value is -1.39. The predicted molar refractivity (Wildman–Crippen MR) is 61.4 cm³/mol. The number of carbonyl (C=O) groups is 1. The number of nitrogens with two attached hydrogens (primary N) is 1. The highest BCUT2D eigenvalue weighted by molar-refractivity contribution is 5.92. The minimum Gasteiger partial charge on any atom is -0.392 e. The summed E-state index contributed by atoms with van der Waals surface area (Å²) in [5.41, 5.74) is 6.62. The second-order valence-corrected chi connectivity index (χ2v) is 2.61. The van der Waals surface area contributed by atoms with Crippen LogP contribution < -0.4 is 11.1 Å². The average Bonchev–Trinajstić information content (AvgIpc) is 2.32.